The third-order valence-electron chi connectivity index (χ3n) is 11.7. The molecule has 0 amide bonds. The Hall–Kier alpha value is -6.42. The van der Waals surface area contributed by atoms with Gasteiger partial charge < -0.3 is 0 Å². The number of para-hydroxylation sites is 3. The molecule has 0 saturated heterocycles. The molecule has 0 fully saturated rings. The van der Waals surface area contributed by atoms with Crippen LogP contribution >= 0.6 is 11.8 Å². The van der Waals surface area contributed by atoms with Crippen molar-refractivity contribution in [1.82, 2.24) is 9.55 Å². The molecule has 0 bridgehead atoms. The minimum atomic E-state index is -0.127. The third-order valence-corrected chi connectivity index (χ3v) is 12.8. The molecule has 8 aromatic carbocycles. The van der Waals surface area contributed by atoms with Crippen molar-refractivity contribution in [2.24, 2.45) is 0 Å². The second-order valence-electron chi connectivity index (χ2n) is 15.1. The lowest BCUT2D eigenvalue weighted by Crippen LogP contribution is -2.15. The largest absolute Gasteiger partial charge is 0.292 e. The van der Waals surface area contributed by atoms with Crippen molar-refractivity contribution in [1.29, 1.82) is 0 Å². The summed E-state index contributed by atoms with van der Waals surface area (Å²) < 4.78 is 2.31. The molecule has 11 rings (SSSR count). The molecule has 0 radical (unpaired) electrons. The lowest BCUT2D eigenvalue weighted by atomic mass is 9.81. The van der Waals surface area contributed by atoms with Gasteiger partial charge in [0, 0.05) is 26.5 Å². The fourth-order valence-corrected chi connectivity index (χ4v) is 10.2. The van der Waals surface area contributed by atoms with E-state index >= 15 is 0 Å². The van der Waals surface area contributed by atoms with Crippen LogP contribution in [0, 0.1) is 0 Å². The zero-order valence-electron chi connectivity index (χ0n) is 30.6. The first kappa shape index (κ1) is 32.0. The summed E-state index contributed by atoms with van der Waals surface area (Å²) >= 11 is 1.88. The van der Waals surface area contributed by atoms with E-state index in [4.69, 9.17) is 4.98 Å². The van der Waals surface area contributed by atoms with Crippen LogP contribution in [-0.2, 0) is 5.41 Å². The first-order valence-electron chi connectivity index (χ1n) is 19.0. The molecule has 2 nitrogen and oxygen atoms in total. The first-order chi connectivity index (χ1) is 27.0. The van der Waals surface area contributed by atoms with Crippen LogP contribution in [0.1, 0.15) is 25.0 Å². The number of rotatable bonds is 2. The van der Waals surface area contributed by atoms with Gasteiger partial charge in [0.25, 0.3) is 0 Å². The SMILES string of the molecule is CC1(C)c2ccccc2-c2cc3c(cc21)Sc1ccccc1-c1ccccc1-c1ccccc1-c1ccc(-c2nc4ccccc4n2-c2ccccc2)cc1-3. The Balaban J connectivity index is 1.27. The Kier molecular flexibility index (Phi) is 7.17. The molecule has 9 aromatic rings. The minimum Gasteiger partial charge on any atom is -0.292 e. The summed E-state index contributed by atoms with van der Waals surface area (Å²) in [6.07, 6.45) is 0. The smallest absolute Gasteiger partial charge is 0.145 e. The monoisotopic (exact) mass is 720 g/mol. The van der Waals surface area contributed by atoms with Crippen LogP contribution in [0.5, 0.6) is 0 Å². The Morgan fingerprint density at radius 1 is 0.418 bits per heavy atom. The summed E-state index contributed by atoms with van der Waals surface area (Å²) in [5.41, 5.74) is 19.3. The number of hydrogen-bond acceptors (Lipinski definition) is 2. The Labute approximate surface area is 325 Å². The summed E-state index contributed by atoms with van der Waals surface area (Å²) in [7, 11) is 0. The van der Waals surface area contributed by atoms with Gasteiger partial charge in [0.2, 0.25) is 0 Å². The fourth-order valence-electron chi connectivity index (χ4n) is 9.02. The normalized spacial score (nSPS) is 13.3. The molecular formula is C52H36N2S. The van der Waals surface area contributed by atoms with E-state index in [1.807, 2.05) is 11.8 Å². The van der Waals surface area contributed by atoms with Crippen molar-refractivity contribution in [3.8, 4) is 72.7 Å². The van der Waals surface area contributed by atoms with E-state index in [2.05, 4.69) is 200 Å². The van der Waals surface area contributed by atoms with Crippen molar-refractivity contribution >= 4 is 22.8 Å². The molecule has 0 spiro atoms. The van der Waals surface area contributed by atoms with Gasteiger partial charge in [-0.25, -0.2) is 4.98 Å². The number of imidazole rings is 1. The van der Waals surface area contributed by atoms with E-state index in [9.17, 15) is 0 Å². The molecular weight excluding hydrogens is 685 g/mol. The molecule has 0 unspecified atom stereocenters. The van der Waals surface area contributed by atoms with Gasteiger partial charge in [0.05, 0.1) is 11.0 Å². The third kappa shape index (κ3) is 4.93. The van der Waals surface area contributed by atoms with Gasteiger partial charge in [-0.3, -0.25) is 4.57 Å². The standard InChI is InChI=1S/C52H36N2S/c1-52(2)45-24-12-10-22-40(45)43-31-44-42-30-33(51-53-47-25-13-14-26-48(47)54(51)34-16-4-3-5-17-34)28-29-39(42)37-20-7-6-18-35(37)36-19-8-9-21-38(36)41-23-11-15-27-49(41)55-50(44)32-46(43)52/h3-32H,1-2H3. The van der Waals surface area contributed by atoms with Crippen LogP contribution in [0.15, 0.2) is 192 Å². The van der Waals surface area contributed by atoms with Crippen molar-refractivity contribution in [3.05, 3.63) is 193 Å². The summed E-state index contributed by atoms with van der Waals surface area (Å²) in [6, 6.07) is 66.8. The van der Waals surface area contributed by atoms with Gasteiger partial charge in [-0.15, -0.1) is 0 Å². The van der Waals surface area contributed by atoms with Crippen molar-refractivity contribution in [2.45, 2.75) is 29.1 Å². The van der Waals surface area contributed by atoms with E-state index < -0.39 is 0 Å². The van der Waals surface area contributed by atoms with Gasteiger partial charge in [0.15, 0.2) is 0 Å². The summed E-state index contributed by atoms with van der Waals surface area (Å²) in [4.78, 5) is 7.81. The molecule has 1 aliphatic heterocycles. The molecule has 1 aromatic heterocycles. The van der Waals surface area contributed by atoms with Crippen molar-refractivity contribution in [3.63, 3.8) is 0 Å². The quantitative estimate of drug-likeness (QED) is 0.177. The topological polar surface area (TPSA) is 17.8 Å². The number of nitrogens with zero attached hydrogens (tertiary/aromatic N) is 2. The van der Waals surface area contributed by atoms with Crippen LogP contribution in [-0.4, -0.2) is 9.55 Å². The number of aromatic nitrogens is 2. The maximum atomic E-state index is 5.32. The van der Waals surface area contributed by atoms with Crippen LogP contribution in [0.4, 0.5) is 0 Å². The van der Waals surface area contributed by atoms with E-state index in [1.165, 1.54) is 76.6 Å². The predicted molar refractivity (Wildman–Crippen MR) is 230 cm³/mol. The second-order valence-corrected chi connectivity index (χ2v) is 16.2. The zero-order chi connectivity index (χ0) is 36.7. The van der Waals surface area contributed by atoms with Crippen LogP contribution in [0.2, 0.25) is 0 Å². The highest BCUT2D eigenvalue weighted by Gasteiger charge is 2.37. The summed E-state index contributed by atoms with van der Waals surface area (Å²) in [5.74, 6) is 0.926. The number of fused-ring (bicyclic) bond motifs is 13. The van der Waals surface area contributed by atoms with E-state index in [-0.39, 0.29) is 5.41 Å². The lowest BCUT2D eigenvalue weighted by molar-refractivity contribution is 0.659. The molecule has 0 N–H and O–H groups in total. The van der Waals surface area contributed by atoms with Crippen LogP contribution in [0.3, 0.4) is 0 Å². The molecule has 3 heteroatoms. The Morgan fingerprint density at radius 2 is 1.00 bits per heavy atom. The van der Waals surface area contributed by atoms with E-state index in [0.29, 0.717) is 0 Å². The summed E-state index contributed by atoms with van der Waals surface area (Å²) in [5, 5.41) is 0. The van der Waals surface area contributed by atoms with Gasteiger partial charge in [-0.1, -0.05) is 159 Å². The van der Waals surface area contributed by atoms with Gasteiger partial charge in [-0.2, -0.15) is 0 Å². The Morgan fingerprint density at radius 3 is 1.75 bits per heavy atom. The van der Waals surface area contributed by atoms with Crippen LogP contribution < -0.4 is 0 Å². The lowest BCUT2D eigenvalue weighted by Gasteiger charge is -2.24. The molecule has 0 atom stereocenters. The number of benzene rings is 8. The molecule has 1 aliphatic carbocycles. The average Bonchev–Trinajstić information content (AvgIpc) is 3.73. The van der Waals surface area contributed by atoms with Gasteiger partial charge in [-0.05, 0) is 115 Å². The molecule has 2 aliphatic rings. The highest BCUT2D eigenvalue weighted by atomic mass is 32.2. The number of hydrogen-bond donors (Lipinski definition) is 0. The molecule has 260 valence electrons. The molecule has 55 heavy (non-hydrogen) atoms. The molecule has 2 heterocycles. The highest BCUT2D eigenvalue weighted by molar-refractivity contribution is 7.99. The predicted octanol–water partition coefficient (Wildman–Crippen LogP) is 14.1. The van der Waals surface area contributed by atoms with Gasteiger partial charge in [0.1, 0.15) is 5.82 Å². The second kappa shape index (κ2) is 12.3. The highest BCUT2D eigenvalue weighted by Crippen LogP contribution is 2.55. The Bertz CT molecular complexity index is 2990. The summed E-state index contributed by atoms with van der Waals surface area (Å²) in [6.45, 7) is 4.75. The first-order valence-corrected chi connectivity index (χ1v) is 19.8. The fraction of sp³-hybridized carbons (Fsp3) is 0.0577. The minimum absolute atomic E-state index is 0.127. The van der Waals surface area contributed by atoms with Crippen molar-refractivity contribution in [2.75, 3.05) is 0 Å². The maximum Gasteiger partial charge on any atom is 0.145 e. The van der Waals surface area contributed by atoms with Crippen molar-refractivity contribution < 1.29 is 0 Å². The van der Waals surface area contributed by atoms with Gasteiger partial charge >= 0.3 is 0 Å². The van der Waals surface area contributed by atoms with E-state index in [0.717, 1.165) is 28.1 Å². The zero-order valence-corrected chi connectivity index (χ0v) is 31.4. The van der Waals surface area contributed by atoms with Crippen LogP contribution in [0.25, 0.3) is 83.7 Å². The van der Waals surface area contributed by atoms with E-state index in [1.54, 1.807) is 0 Å². The average molecular weight is 721 g/mol. The maximum absolute atomic E-state index is 5.32. The molecule has 0 saturated carbocycles.